The zero-order valence-corrected chi connectivity index (χ0v) is 9.80. The van der Waals surface area contributed by atoms with Crippen LogP contribution in [0.1, 0.15) is 12.0 Å². The fourth-order valence-corrected chi connectivity index (χ4v) is 1.94. The second-order valence-electron chi connectivity index (χ2n) is 3.73. The summed E-state index contributed by atoms with van der Waals surface area (Å²) in [5.41, 5.74) is 2.44. The molecule has 1 aliphatic carbocycles. The summed E-state index contributed by atoms with van der Waals surface area (Å²) < 4.78 is 0. The molecule has 1 aliphatic rings. The van der Waals surface area contributed by atoms with Crippen LogP contribution in [0, 0.1) is 0 Å². The third-order valence-electron chi connectivity index (χ3n) is 2.55. The molecule has 0 radical (unpaired) electrons. The highest BCUT2D eigenvalue weighted by atomic mass is 35.5. The summed E-state index contributed by atoms with van der Waals surface area (Å²) in [4.78, 5) is -0.389. The van der Waals surface area contributed by atoms with Gasteiger partial charge in [-0.1, -0.05) is 48.6 Å². The van der Waals surface area contributed by atoms with Crippen molar-refractivity contribution in [1.29, 1.82) is 0 Å². The topological polar surface area (TPSA) is 0 Å². The largest absolute Gasteiger partial charge is 0.124 e. The Morgan fingerprint density at radius 3 is 2.47 bits per heavy atom. The zero-order chi connectivity index (χ0) is 10.7. The molecule has 1 aromatic rings. The number of hydrogen-bond acceptors (Lipinski definition) is 0. The molecule has 0 bridgehead atoms. The van der Waals surface area contributed by atoms with Crippen LogP contribution in [0.3, 0.4) is 0 Å². The number of benzene rings is 1. The minimum Gasteiger partial charge on any atom is -0.124 e. The Labute approximate surface area is 100 Å². The summed E-state index contributed by atoms with van der Waals surface area (Å²) in [6.07, 6.45) is 6.97. The standard InChI is InChI=1S/C13H12Cl2/c14-10-13(15)8-6-12(7-9-13)11-4-2-1-3-5-11/h1-8H,9-10H2. The van der Waals surface area contributed by atoms with Crippen LogP contribution in [-0.2, 0) is 0 Å². The predicted molar refractivity (Wildman–Crippen MR) is 67.5 cm³/mol. The van der Waals surface area contributed by atoms with E-state index in [0.29, 0.717) is 5.88 Å². The lowest BCUT2D eigenvalue weighted by atomic mass is 9.93. The molecule has 0 aliphatic heterocycles. The lowest BCUT2D eigenvalue weighted by Crippen LogP contribution is -2.21. The van der Waals surface area contributed by atoms with Crippen molar-refractivity contribution >= 4 is 28.8 Å². The molecule has 1 unspecified atom stereocenters. The number of halogens is 2. The highest BCUT2D eigenvalue weighted by Gasteiger charge is 2.24. The first-order valence-corrected chi connectivity index (χ1v) is 5.84. The Morgan fingerprint density at radius 2 is 1.93 bits per heavy atom. The molecular formula is C13H12Cl2. The van der Waals surface area contributed by atoms with Gasteiger partial charge in [-0.2, -0.15) is 0 Å². The summed E-state index contributed by atoms with van der Waals surface area (Å²) in [6.45, 7) is 0. The third-order valence-corrected chi connectivity index (χ3v) is 3.58. The molecule has 0 aromatic heterocycles. The monoisotopic (exact) mass is 238 g/mol. The van der Waals surface area contributed by atoms with Crippen LogP contribution < -0.4 is 0 Å². The molecule has 2 heteroatoms. The van der Waals surface area contributed by atoms with Crippen molar-refractivity contribution in [3.05, 3.63) is 54.1 Å². The van der Waals surface area contributed by atoms with Crippen LogP contribution >= 0.6 is 23.2 Å². The summed E-state index contributed by atoms with van der Waals surface area (Å²) in [5.74, 6) is 0.448. The summed E-state index contributed by atoms with van der Waals surface area (Å²) in [7, 11) is 0. The van der Waals surface area contributed by atoms with Gasteiger partial charge in [-0.15, -0.1) is 23.2 Å². The quantitative estimate of drug-likeness (QED) is 0.677. The molecule has 0 heterocycles. The van der Waals surface area contributed by atoms with Gasteiger partial charge in [0.1, 0.15) is 0 Å². The second kappa shape index (κ2) is 4.42. The lowest BCUT2D eigenvalue weighted by Gasteiger charge is -2.22. The van der Waals surface area contributed by atoms with Crippen LogP contribution in [-0.4, -0.2) is 10.8 Å². The molecule has 0 saturated heterocycles. The summed E-state index contributed by atoms with van der Waals surface area (Å²) in [5, 5.41) is 0. The first-order valence-electron chi connectivity index (χ1n) is 4.93. The van der Waals surface area contributed by atoms with Crippen molar-refractivity contribution in [2.24, 2.45) is 0 Å². The maximum atomic E-state index is 6.25. The van der Waals surface area contributed by atoms with Crippen LogP contribution in [0.5, 0.6) is 0 Å². The van der Waals surface area contributed by atoms with E-state index in [2.05, 4.69) is 18.2 Å². The molecule has 0 saturated carbocycles. The van der Waals surface area contributed by atoms with E-state index in [-0.39, 0.29) is 4.87 Å². The molecule has 15 heavy (non-hydrogen) atoms. The molecule has 0 fully saturated rings. The number of rotatable bonds is 2. The van der Waals surface area contributed by atoms with Gasteiger partial charge in [0.25, 0.3) is 0 Å². The highest BCUT2D eigenvalue weighted by molar-refractivity contribution is 6.32. The van der Waals surface area contributed by atoms with E-state index in [1.807, 2.05) is 30.4 Å². The van der Waals surface area contributed by atoms with Crippen molar-refractivity contribution in [1.82, 2.24) is 0 Å². The van der Waals surface area contributed by atoms with E-state index in [9.17, 15) is 0 Å². The summed E-state index contributed by atoms with van der Waals surface area (Å²) in [6, 6.07) is 10.3. The highest BCUT2D eigenvalue weighted by Crippen LogP contribution is 2.32. The molecule has 0 amide bonds. The van der Waals surface area contributed by atoms with E-state index in [0.717, 1.165) is 6.42 Å². The normalized spacial score (nSPS) is 25.1. The first-order chi connectivity index (χ1) is 7.23. The fourth-order valence-electron chi connectivity index (χ4n) is 1.60. The van der Waals surface area contributed by atoms with Gasteiger partial charge in [0.05, 0.1) is 4.87 Å². The Bertz CT molecular complexity index is 392. The van der Waals surface area contributed by atoms with Crippen LogP contribution in [0.2, 0.25) is 0 Å². The van der Waals surface area contributed by atoms with Crippen molar-refractivity contribution < 1.29 is 0 Å². The van der Waals surface area contributed by atoms with Crippen molar-refractivity contribution in [3.8, 4) is 0 Å². The maximum Gasteiger partial charge on any atom is 0.0798 e. The SMILES string of the molecule is ClCC1(Cl)C=CC(c2ccccc2)=CC1. The first kappa shape index (κ1) is 10.8. The van der Waals surface area contributed by atoms with Crippen molar-refractivity contribution in [3.63, 3.8) is 0 Å². The Kier molecular flexibility index (Phi) is 3.18. The zero-order valence-electron chi connectivity index (χ0n) is 8.29. The van der Waals surface area contributed by atoms with Gasteiger partial charge >= 0.3 is 0 Å². The van der Waals surface area contributed by atoms with Gasteiger partial charge in [0, 0.05) is 5.88 Å². The Hall–Kier alpha value is -0.720. The molecule has 0 N–H and O–H groups in total. The van der Waals surface area contributed by atoms with Crippen LogP contribution in [0.4, 0.5) is 0 Å². The van der Waals surface area contributed by atoms with Gasteiger partial charge < -0.3 is 0 Å². The maximum absolute atomic E-state index is 6.25. The molecule has 0 spiro atoms. The van der Waals surface area contributed by atoms with E-state index in [4.69, 9.17) is 23.2 Å². The van der Waals surface area contributed by atoms with E-state index >= 15 is 0 Å². The van der Waals surface area contributed by atoms with Crippen LogP contribution in [0.25, 0.3) is 5.57 Å². The van der Waals surface area contributed by atoms with Gasteiger partial charge in [-0.25, -0.2) is 0 Å². The number of hydrogen-bond donors (Lipinski definition) is 0. The average molecular weight is 239 g/mol. The second-order valence-corrected chi connectivity index (χ2v) is 4.75. The van der Waals surface area contributed by atoms with Crippen molar-refractivity contribution in [2.75, 3.05) is 5.88 Å². The van der Waals surface area contributed by atoms with E-state index < -0.39 is 0 Å². The molecule has 78 valence electrons. The molecule has 2 rings (SSSR count). The molecule has 0 nitrogen and oxygen atoms in total. The van der Waals surface area contributed by atoms with Gasteiger partial charge in [0.15, 0.2) is 0 Å². The fraction of sp³-hybridized carbons (Fsp3) is 0.231. The van der Waals surface area contributed by atoms with Gasteiger partial charge in [-0.05, 0) is 17.6 Å². The van der Waals surface area contributed by atoms with Gasteiger partial charge in [0.2, 0.25) is 0 Å². The number of alkyl halides is 2. The predicted octanol–water partition coefficient (Wildman–Crippen LogP) is 4.25. The minimum absolute atomic E-state index is 0.389. The van der Waals surface area contributed by atoms with Gasteiger partial charge in [-0.3, -0.25) is 0 Å². The Balaban J connectivity index is 2.20. The van der Waals surface area contributed by atoms with E-state index in [1.54, 1.807) is 0 Å². The lowest BCUT2D eigenvalue weighted by molar-refractivity contribution is 0.793. The Morgan fingerprint density at radius 1 is 1.20 bits per heavy atom. The third kappa shape index (κ3) is 2.45. The summed E-state index contributed by atoms with van der Waals surface area (Å²) >= 11 is 12.1. The molecule has 1 aromatic carbocycles. The molecule has 1 atom stereocenters. The average Bonchev–Trinajstić information content (AvgIpc) is 2.31. The minimum atomic E-state index is -0.389. The smallest absolute Gasteiger partial charge is 0.0798 e. The van der Waals surface area contributed by atoms with E-state index in [1.165, 1.54) is 11.1 Å². The number of allylic oxidation sites excluding steroid dienone is 4. The van der Waals surface area contributed by atoms with Crippen LogP contribution in [0.15, 0.2) is 48.6 Å². The van der Waals surface area contributed by atoms with Crippen molar-refractivity contribution in [2.45, 2.75) is 11.3 Å². The molecular weight excluding hydrogens is 227 g/mol.